The van der Waals surface area contributed by atoms with E-state index >= 15 is 0 Å². The molecule has 0 fully saturated rings. The Hall–Kier alpha value is -3.22. The van der Waals surface area contributed by atoms with Crippen LogP contribution < -0.4 is 5.32 Å². The average Bonchev–Trinajstić information content (AvgIpc) is 3.26. The van der Waals surface area contributed by atoms with Crippen LogP contribution in [-0.4, -0.2) is 29.4 Å². The highest BCUT2D eigenvalue weighted by Crippen LogP contribution is 2.23. The van der Waals surface area contributed by atoms with Gasteiger partial charge >= 0.3 is 0 Å². The molecule has 7 nitrogen and oxygen atoms in total. The molecule has 1 N–H and O–H groups in total. The number of nitrogens with zero attached hydrogens (tertiary/aromatic N) is 6. The van der Waals surface area contributed by atoms with Crippen LogP contribution >= 0.6 is 0 Å². The normalized spacial score (nSPS) is 12.5. The monoisotopic (exact) mass is 347 g/mol. The highest BCUT2D eigenvalue weighted by atomic mass is 15.3. The van der Waals surface area contributed by atoms with Crippen molar-refractivity contribution in [3.8, 4) is 5.69 Å². The predicted octanol–water partition coefficient (Wildman–Crippen LogP) is 3.41. The van der Waals surface area contributed by atoms with Crippen molar-refractivity contribution in [3.05, 3.63) is 65.5 Å². The number of hydrogen-bond acceptors (Lipinski definition) is 5. The summed E-state index contributed by atoms with van der Waals surface area (Å²) in [7, 11) is 0. The fourth-order valence-corrected chi connectivity index (χ4v) is 3.02. The van der Waals surface area contributed by atoms with Crippen LogP contribution in [-0.2, 0) is 0 Å². The lowest BCUT2D eigenvalue weighted by Crippen LogP contribution is -2.11. The first-order valence-corrected chi connectivity index (χ1v) is 8.58. The van der Waals surface area contributed by atoms with Gasteiger partial charge in [0.15, 0.2) is 5.65 Å². The second-order valence-corrected chi connectivity index (χ2v) is 6.53. The molecule has 0 aliphatic rings. The van der Waals surface area contributed by atoms with E-state index in [2.05, 4.69) is 51.5 Å². The first-order chi connectivity index (χ1) is 12.5. The molecule has 7 heteroatoms. The van der Waals surface area contributed by atoms with Crippen LogP contribution in [0.3, 0.4) is 0 Å². The lowest BCUT2D eigenvalue weighted by atomic mass is 10.1. The molecule has 4 aromatic rings. The van der Waals surface area contributed by atoms with Crippen molar-refractivity contribution in [1.29, 1.82) is 0 Å². The Morgan fingerprint density at radius 2 is 1.85 bits per heavy atom. The minimum absolute atomic E-state index is 0.120. The number of hydrogen-bond donors (Lipinski definition) is 1. The van der Waals surface area contributed by atoms with Crippen molar-refractivity contribution in [3.63, 3.8) is 0 Å². The second kappa shape index (κ2) is 6.25. The quantitative estimate of drug-likeness (QED) is 0.612. The number of benzene rings is 1. The zero-order chi connectivity index (χ0) is 18.3. The Morgan fingerprint density at radius 1 is 1.08 bits per heavy atom. The lowest BCUT2D eigenvalue weighted by molar-refractivity contribution is 0.829. The van der Waals surface area contributed by atoms with Crippen LogP contribution in [0.2, 0.25) is 0 Å². The Kier molecular flexibility index (Phi) is 3.91. The molecule has 0 bridgehead atoms. The van der Waals surface area contributed by atoms with Gasteiger partial charge in [0, 0.05) is 23.4 Å². The summed E-state index contributed by atoms with van der Waals surface area (Å²) in [6.07, 6.45) is 3.22. The van der Waals surface area contributed by atoms with Crippen LogP contribution in [0, 0.1) is 20.8 Å². The molecule has 0 spiro atoms. The Balaban J connectivity index is 1.63. The van der Waals surface area contributed by atoms with Gasteiger partial charge in [-0.3, -0.25) is 0 Å². The van der Waals surface area contributed by atoms with E-state index in [-0.39, 0.29) is 6.04 Å². The summed E-state index contributed by atoms with van der Waals surface area (Å²) in [6.45, 7) is 8.20. The van der Waals surface area contributed by atoms with Crippen molar-refractivity contribution in [2.75, 3.05) is 5.32 Å². The number of rotatable bonds is 4. The van der Waals surface area contributed by atoms with Gasteiger partial charge in [-0.15, -0.1) is 0 Å². The van der Waals surface area contributed by atoms with Crippen LogP contribution in [0.25, 0.3) is 11.3 Å². The third-order valence-corrected chi connectivity index (χ3v) is 4.63. The molecule has 3 heterocycles. The number of aromatic nitrogens is 6. The van der Waals surface area contributed by atoms with Gasteiger partial charge in [0.1, 0.15) is 18.5 Å². The third-order valence-electron chi connectivity index (χ3n) is 4.63. The van der Waals surface area contributed by atoms with Gasteiger partial charge in [0.25, 0.3) is 0 Å². The molecule has 4 rings (SSSR count). The summed E-state index contributed by atoms with van der Waals surface area (Å²) in [5.41, 5.74) is 6.14. The highest BCUT2D eigenvalue weighted by molar-refractivity contribution is 5.56. The SMILES string of the molecule is Cc1cc(N[C@@H](C)c2ccc(-n3cncn3)cc2)n2nc(C)c(C)c2n1. The topological polar surface area (TPSA) is 72.9 Å². The molecule has 132 valence electrons. The molecule has 0 aliphatic heterocycles. The van der Waals surface area contributed by atoms with Crippen LogP contribution in [0.4, 0.5) is 5.82 Å². The number of anilines is 1. The van der Waals surface area contributed by atoms with Crippen LogP contribution in [0.5, 0.6) is 0 Å². The molecule has 26 heavy (non-hydrogen) atoms. The van der Waals surface area contributed by atoms with Gasteiger partial charge in [-0.05, 0) is 45.4 Å². The van der Waals surface area contributed by atoms with Crippen LogP contribution in [0.1, 0.15) is 35.5 Å². The Bertz CT molecular complexity index is 1050. The van der Waals surface area contributed by atoms with Crippen molar-refractivity contribution >= 4 is 11.5 Å². The summed E-state index contributed by atoms with van der Waals surface area (Å²) >= 11 is 0. The highest BCUT2D eigenvalue weighted by Gasteiger charge is 2.13. The summed E-state index contributed by atoms with van der Waals surface area (Å²) in [5.74, 6) is 0.941. The summed E-state index contributed by atoms with van der Waals surface area (Å²) in [6, 6.07) is 10.4. The van der Waals surface area contributed by atoms with Crippen molar-refractivity contribution in [1.82, 2.24) is 29.4 Å². The molecule has 0 amide bonds. The molecule has 3 aromatic heterocycles. The van der Waals surface area contributed by atoms with E-state index in [1.807, 2.05) is 36.6 Å². The summed E-state index contributed by atoms with van der Waals surface area (Å²) in [5, 5.41) is 12.3. The fraction of sp³-hybridized carbons (Fsp3) is 0.263. The van der Waals surface area contributed by atoms with E-state index in [0.717, 1.165) is 34.1 Å². The Labute approximate surface area is 151 Å². The molecule has 0 radical (unpaired) electrons. The molecular formula is C19H21N7. The molecule has 0 saturated heterocycles. The largest absolute Gasteiger partial charge is 0.363 e. The maximum atomic E-state index is 4.62. The molecule has 0 unspecified atom stereocenters. The minimum Gasteiger partial charge on any atom is -0.363 e. The maximum absolute atomic E-state index is 4.62. The maximum Gasteiger partial charge on any atom is 0.160 e. The summed E-state index contributed by atoms with van der Waals surface area (Å²) in [4.78, 5) is 8.60. The fourth-order valence-electron chi connectivity index (χ4n) is 3.02. The van der Waals surface area contributed by atoms with E-state index in [9.17, 15) is 0 Å². The smallest absolute Gasteiger partial charge is 0.160 e. The second-order valence-electron chi connectivity index (χ2n) is 6.53. The van der Waals surface area contributed by atoms with Gasteiger partial charge in [-0.1, -0.05) is 12.1 Å². The molecule has 0 aliphatic carbocycles. The molecule has 1 aromatic carbocycles. The van der Waals surface area contributed by atoms with Gasteiger partial charge in [0.05, 0.1) is 11.4 Å². The van der Waals surface area contributed by atoms with E-state index in [1.54, 1.807) is 11.0 Å². The summed E-state index contributed by atoms with van der Waals surface area (Å²) < 4.78 is 3.63. The molecular weight excluding hydrogens is 326 g/mol. The van der Waals surface area contributed by atoms with Crippen molar-refractivity contribution < 1.29 is 0 Å². The number of aryl methyl sites for hydroxylation is 3. The van der Waals surface area contributed by atoms with Gasteiger partial charge in [-0.2, -0.15) is 14.7 Å². The van der Waals surface area contributed by atoms with Gasteiger partial charge in [-0.25, -0.2) is 14.6 Å². The van der Waals surface area contributed by atoms with E-state index in [4.69, 9.17) is 0 Å². The van der Waals surface area contributed by atoms with Gasteiger partial charge < -0.3 is 5.32 Å². The van der Waals surface area contributed by atoms with Crippen molar-refractivity contribution in [2.45, 2.75) is 33.7 Å². The van der Waals surface area contributed by atoms with E-state index in [1.165, 1.54) is 11.9 Å². The minimum atomic E-state index is 0.120. The lowest BCUT2D eigenvalue weighted by Gasteiger charge is -2.17. The molecule has 1 atom stereocenters. The first kappa shape index (κ1) is 16.3. The third kappa shape index (κ3) is 2.81. The Morgan fingerprint density at radius 3 is 2.54 bits per heavy atom. The molecule has 0 saturated carbocycles. The predicted molar refractivity (Wildman–Crippen MR) is 101 cm³/mol. The zero-order valence-corrected chi connectivity index (χ0v) is 15.3. The van der Waals surface area contributed by atoms with Crippen molar-refractivity contribution in [2.24, 2.45) is 0 Å². The number of fused-ring (bicyclic) bond motifs is 1. The first-order valence-electron chi connectivity index (χ1n) is 8.58. The van der Waals surface area contributed by atoms with E-state index in [0.29, 0.717) is 0 Å². The van der Waals surface area contributed by atoms with Crippen LogP contribution in [0.15, 0.2) is 43.0 Å². The standard InChI is InChI=1S/C19H21N7/c1-12-9-18(26-19(22-12)13(2)14(3)24-26)23-15(4)16-5-7-17(8-6-16)25-11-20-10-21-25/h5-11,15,23H,1-4H3/t15-/m0/s1. The van der Waals surface area contributed by atoms with E-state index < -0.39 is 0 Å². The van der Waals surface area contributed by atoms with Gasteiger partial charge in [0.2, 0.25) is 0 Å². The zero-order valence-electron chi connectivity index (χ0n) is 15.3. The number of nitrogens with one attached hydrogen (secondary N) is 1. The average molecular weight is 347 g/mol.